The third-order valence-corrected chi connectivity index (χ3v) is 3.52. The van der Waals surface area contributed by atoms with E-state index in [0.29, 0.717) is 19.7 Å². The van der Waals surface area contributed by atoms with Crippen LogP contribution in [0.2, 0.25) is 0 Å². The number of ether oxygens (including phenoxy) is 1. The molecular formula is C14H23N3O2. The highest BCUT2D eigenvalue weighted by Crippen LogP contribution is 2.16. The maximum atomic E-state index is 12.6. The van der Waals surface area contributed by atoms with E-state index >= 15 is 0 Å². The van der Waals surface area contributed by atoms with E-state index in [9.17, 15) is 4.79 Å². The molecule has 19 heavy (non-hydrogen) atoms. The minimum atomic E-state index is -0.0693. The first kappa shape index (κ1) is 14.1. The molecule has 2 rings (SSSR count). The van der Waals surface area contributed by atoms with E-state index in [1.165, 1.54) is 0 Å². The highest BCUT2D eigenvalue weighted by Gasteiger charge is 2.28. The molecule has 5 nitrogen and oxygen atoms in total. The molecule has 2 heterocycles. The van der Waals surface area contributed by atoms with E-state index in [-0.39, 0.29) is 24.1 Å². The fourth-order valence-corrected chi connectivity index (χ4v) is 2.37. The van der Waals surface area contributed by atoms with Crippen LogP contribution in [0.4, 0.5) is 0 Å². The number of morpholine rings is 1. The van der Waals surface area contributed by atoms with Crippen molar-refractivity contribution in [2.24, 2.45) is 5.73 Å². The predicted molar refractivity (Wildman–Crippen MR) is 74.1 cm³/mol. The third-order valence-electron chi connectivity index (χ3n) is 3.52. The van der Waals surface area contributed by atoms with Crippen LogP contribution >= 0.6 is 0 Å². The summed E-state index contributed by atoms with van der Waals surface area (Å²) in [5, 5.41) is 0. The van der Waals surface area contributed by atoms with Crippen LogP contribution in [0.3, 0.4) is 0 Å². The smallest absolute Gasteiger partial charge is 0.270 e. The van der Waals surface area contributed by atoms with Crippen molar-refractivity contribution in [2.75, 3.05) is 19.7 Å². The Labute approximate surface area is 114 Å². The summed E-state index contributed by atoms with van der Waals surface area (Å²) in [5.74, 6) is 0.0626. The first-order chi connectivity index (χ1) is 9.00. The van der Waals surface area contributed by atoms with Crippen molar-refractivity contribution in [2.45, 2.75) is 39.0 Å². The molecule has 0 aromatic carbocycles. The van der Waals surface area contributed by atoms with Crippen molar-refractivity contribution in [3.05, 3.63) is 24.0 Å². The van der Waals surface area contributed by atoms with E-state index in [0.717, 1.165) is 5.69 Å². The van der Waals surface area contributed by atoms with Crippen molar-refractivity contribution in [1.82, 2.24) is 9.47 Å². The lowest BCUT2D eigenvalue weighted by atomic mass is 10.1. The Morgan fingerprint density at radius 3 is 2.84 bits per heavy atom. The van der Waals surface area contributed by atoms with Gasteiger partial charge >= 0.3 is 0 Å². The fourth-order valence-electron chi connectivity index (χ4n) is 2.37. The van der Waals surface area contributed by atoms with Crippen LogP contribution in [0.15, 0.2) is 18.3 Å². The molecule has 0 saturated carbocycles. The van der Waals surface area contributed by atoms with Crippen LogP contribution in [0, 0.1) is 0 Å². The van der Waals surface area contributed by atoms with E-state index < -0.39 is 0 Å². The van der Waals surface area contributed by atoms with Gasteiger partial charge in [0.2, 0.25) is 0 Å². The monoisotopic (exact) mass is 265 g/mol. The van der Waals surface area contributed by atoms with E-state index in [4.69, 9.17) is 10.5 Å². The fraction of sp³-hybridized carbons (Fsp3) is 0.643. The summed E-state index contributed by atoms with van der Waals surface area (Å²) >= 11 is 0. The maximum absolute atomic E-state index is 12.6. The average Bonchev–Trinajstić information content (AvgIpc) is 2.87. The molecule has 1 fully saturated rings. The lowest BCUT2D eigenvalue weighted by Gasteiger charge is -2.35. The summed E-state index contributed by atoms with van der Waals surface area (Å²) in [6, 6.07) is 4.00. The lowest BCUT2D eigenvalue weighted by molar-refractivity contribution is -0.0303. The molecule has 0 bridgehead atoms. The van der Waals surface area contributed by atoms with Crippen LogP contribution in [0.25, 0.3) is 0 Å². The van der Waals surface area contributed by atoms with Crippen molar-refractivity contribution >= 4 is 5.91 Å². The number of nitrogens with zero attached hydrogens (tertiary/aromatic N) is 2. The quantitative estimate of drug-likeness (QED) is 0.895. The van der Waals surface area contributed by atoms with Gasteiger partial charge in [-0.2, -0.15) is 0 Å². The van der Waals surface area contributed by atoms with Crippen LogP contribution in [0.5, 0.6) is 0 Å². The zero-order chi connectivity index (χ0) is 14.0. The number of nitrogens with two attached hydrogens (primary N) is 1. The number of amides is 1. The van der Waals surface area contributed by atoms with Gasteiger partial charge in [-0.3, -0.25) is 4.79 Å². The van der Waals surface area contributed by atoms with Gasteiger partial charge in [-0.25, -0.2) is 0 Å². The predicted octanol–water partition coefficient (Wildman–Crippen LogP) is 1.26. The molecule has 2 atom stereocenters. The largest absolute Gasteiger partial charge is 0.373 e. The summed E-state index contributed by atoms with van der Waals surface area (Å²) in [5.41, 5.74) is 6.59. The number of rotatable bonds is 3. The van der Waals surface area contributed by atoms with Crippen molar-refractivity contribution in [3.8, 4) is 0 Å². The highest BCUT2D eigenvalue weighted by molar-refractivity contribution is 5.93. The van der Waals surface area contributed by atoms with Gasteiger partial charge in [-0.15, -0.1) is 0 Å². The zero-order valence-electron chi connectivity index (χ0n) is 11.9. The number of aromatic nitrogens is 1. The topological polar surface area (TPSA) is 60.5 Å². The SMILES string of the molecule is CC(N)C1CN(C(=O)c2cccn2C(C)C)CCO1. The Kier molecular flexibility index (Phi) is 4.27. The van der Waals surface area contributed by atoms with Crippen molar-refractivity contribution < 1.29 is 9.53 Å². The van der Waals surface area contributed by atoms with E-state index in [1.807, 2.05) is 34.7 Å². The zero-order valence-corrected chi connectivity index (χ0v) is 11.9. The molecule has 1 aliphatic heterocycles. The summed E-state index contributed by atoms with van der Waals surface area (Å²) in [6.07, 6.45) is 1.88. The van der Waals surface area contributed by atoms with Crippen LogP contribution in [0.1, 0.15) is 37.3 Å². The molecule has 1 aromatic rings. The summed E-state index contributed by atoms with van der Waals surface area (Å²) < 4.78 is 7.59. The van der Waals surface area contributed by atoms with Crippen LogP contribution in [-0.4, -0.2) is 47.2 Å². The second kappa shape index (κ2) is 5.75. The Balaban J connectivity index is 2.13. The molecule has 0 aliphatic carbocycles. The Bertz CT molecular complexity index is 440. The molecular weight excluding hydrogens is 242 g/mol. The maximum Gasteiger partial charge on any atom is 0.270 e. The molecule has 1 aliphatic rings. The molecule has 5 heteroatoms. The Morgan fingerprint density at radius 1 is 1.47 bits per heavy atom. The normalized spacial score (nSPS) is 21.7. The summed E-state index contributed by atoms with van der Waals surface area (Å²) in [6.45, 7) is 7.81. The Hall–Kier alpha value is -1.33. The molecule has 106 valence electrons. The summed E-state index contributed by atoms with van der Waals surface area (Å²) in [4.78, 5) is 14.4. The minimum absolute atomic E-state index is 0.0625. The Morgan fingerprint density at radius 2 is 2.21 bits per heavy atom. The van der Waals surface area contributed by atoms with Gasteiger partial charge in [-0.05, 0) is 32.9 Å². The highest BCUT2D eigenvalue weighted by atomic mass is 16.5. The number of carbonyl (C=O) groups excluding carboxylic acids is 1. The van der Waals surface area contributed by atoms with Crippen molar-refractivity contribution in [1.29, 1.82) is 0 Å². The second-order valence-corrected chi connectivity index (χ2v) is 5.41. The molecule has 1 aromatic heterocycles. The van der Waals surface area contributed by atoms with Gasteiger partial charge in [0.25, 0.3) is 5.91 Å². The molecule has 0 radical (unpaired) electrons. The number of hydrogen-bond acceptors (Lipinski definition) is 3. The molecule has 1 saturated heterocycles. The van der Waals surface area contributed by atoms with Gasteiger partial charge in [0.05, 0.1) is 12.7 Å². The standard InChI is InChI=1S/C14H23N3O2/c1-10(2)17-6-4-5-12(17)14(18)16-7-8-19-13(9-16)11(3)15/h4-6,10-11,13H,7-9,15H2,1-3H3. The van der Waals surface area contributed by atoms with E-state index in [2.05, 4.69) is 13.8 Å². The van der Waals surface area contributed by atoms with E-state index in [1.54, 1.807) is 0 Å². The van der Waals surface area contributed by atoms with Gasteiger partial charge < -0.3 is 19.9 Å². The average molecular weight is 265 g/mol. The van der Waals surface area contributed by atoms with Gasteiger partial charge in [0.15, 0.2) is 0 Å². The molecule has 2 N–H and O–H groups in total. The molecule has 1 amide bonds. The number of hydrogen-bond donors (Lipinski definition) is 1. The van der Waals surface area contributed by atoms with Crippen LogP contribution < -0.4 is 5.73 Å². The summed E-state index contributed by atoms with van der Waals surface area (Å²) in [7, 11) is 0. The number of carbonyl (C=O) groups is 1. The molecule has 2 unspecified atom stereocenters. The van der Waals surface area contributed by atoms with Crippen LogP contribution in [-0.2, 0) is 4.74 Å². The van der Waals surface area contributed by atoms with Gasteiger partial charge in [0, 0.05) is 31.4 Å². The first-order valence-corrected chi connectivity index (χ1v) is 6.84. The van der Waals surface area contributed by atoms with Crippen molar-refractivity contribution in [3.63, 3.8) is 0 Å². The third kappa shape index (κ3) is 2.98. The first-order valence-electron chi connectivity index (χ1n) is 6.84. The lowest BCUT2D eigenvalue weighted by Crippen LogP contribution is -2.51. The molecule has 0 spiro atoms. The van der Waals surface area contributed by atoms with Gasteiger partial charge in [0.1, 0.15) is 5.69 Å². The minimum Gasteiger partial charge on any atom is -0.373 e. The second-order valence-electron chi connectivity index (χ2n) is 5.41. The van der Waals surface area contributed by atoms with Gasteiger partial charge in [-0.1, -0.05) is 0 Å².